The third-order valence-corrected chi connectivity index (χ3v) is 1.98. The average Bonchev–Trinajstić information content (AvgIpc) is 2.25. The normalized spacial score (nSPS) is 10.5. The molecule has 0 saturated heterocycles. The van der Waals surface area contributed by atoms with E-state index >= 15 is 0 Å². The van der Waals surface area contributed by atoms with E-state index in [1.165, 1.54) is 7.11 Å². The molecule has 0 fully saturated rings. The highest BCUT2D eigenvalue weighted by atomic mass is 16.6. The Morgan fingerprint density at radius 1 is 1.35 bits per heavy atom. The maximum absolute atomic E-state index is 11.9. The first-order chi connectivity index (χ1) is 7.87. The van der Waals surface area contributed by atoms with Crippen molar-refractivity contribution >= 4 is 5.97 Å². The molecule has 0 atom stereocenters. The molecule has 17 heavy (non-hydrogen) atoms. The smallest absolute Gasteiger partial charge is 0.342 e. The summed E-state index contributed by atoms with van der Waals surface area (Å²) in [6.45, 7) is 5.42. The molecular formula is C14H16O3. The Morgan fingerprint density at radius 3 is 2.47 bits per heavy atom. The lowest BCUT2D eigenvalue weighted by Gasteiger charge is -2.20. The summed E-state index contributed by atoms with van der Waals surface area (Å²) in [5.41, 5.74) is 0.415. The van der Waals surface area contributed by atoms with Gasteiger partial charge in [-0.2, -0.15) is 0 Å². The second-order valence-electron chi connectivity index (χ2n) is 4.56. The van der Waals surface area contributed by atoms with Crippen molar-refractivity contribution in [2.45, 2.75) is 26.4 Å². The summed E-state index contributed by atoms with van der Waals surface area (Å²) < 4.78 is 10.4. The van der Waals surface area contributed by atoms with Gasteiger partial charge in [0, 0.05) is 5.56 Å². The molecule has 3 nitrogen and oxygen atoms in total. The molecule has 0 bridgehead atoms. The van der Waals surface area contributed by atoms with Crippen molar-refractivity contribution in [3.63, 3.8) is 0 Å². The topological polar surface area (TPSA) is 35.5 Å². The standard InChI is InChI=1S/C14H16O3/c1-6-10-7-8-12(16-5)11(9-10)13(15)17-14(2,3)4/h1,7-9H,2-5H3. The van der Waals surface area contributed by atoms with Gasteiger partial charge in [-0.3, -0.25) is 0 Å². The zero-order valence-corrected chi connectivity index (χ0v) is 10.5. The molecule has 0 saturated carbocycles. The molecule has 1 aromatic carbocycles. The van der Waals surface area contributed by atoms with E-state index in [9.17, 15) is 4.79 Å². The van der Waals surface area contributed by atoms with Crippen molar-refractivity contribution in [3.8, 4) is 18.1 Å². The van der Waals surface area contributed by atoms with Crippen LogP contribution in [-0.4, -0.2) is 18.7 Å². The Morgan fingerprint density at radius 2 is 2.00 bits per heavy atom. The van der Waals surface area contributed by atoms with Crippen molar-refractivity contribution in [2.24, 2.45) is 0 Å². The van der Waals surface area contributed by atoms with E-state index < -0.39 is 11.6 Å². The second kappa shape index (κ2) is 4.92. The number of rotatable bonds is 2. The lowest BCUT2D eigenvalue weighted by Crippen LogP contribution is -2.24. The number of carbonyl (C=O) groups excluding carboxylic acids is 1. The summed E-state index contributed by atoms with van der Waals surface area (Å²) in [6.07, 6.45) is 5.29. The van der Waals surface area contributed by atoms with Gasteiger partial charge in [0.15, 0.2) is 0 Å². The molecule has 0 N–H and O–H groups in total. The molecule has 0 radical (unpaired) electrons. The zero-order chi connectivity index (χ0) is 13.1. The highest BCUT2D eigenvalue weighted by Gasteiger charge is 2.21. The van der Waals surface area contributed by atoms with E-state index in [0.717, 1.165) is 0 Å². The fraction of sp³-hybridized carbons (Fsp3) is 0.357. The number of esters is 1. The van der Waals surface area contributed by atoms with Gasteiger partial charge in [0.05, 0.1) is 7.11 Å². The van der Waals surface area contributed by atoms with Crippen LogP contribution in [0.4, 0.5) is 0 Å². The van der Waals surface area contributed by atoms with E-state index in [4.69, 9.17) is 15.9 Å². The van der Waals surface area contributed by atoms with Gasteiger partial charge >= 0.3 is 5.97 Å². The Hall–Kier alpha value is -1.95. The zero-order valence-electron chi connectivity index (χ0n) is 10.5. The van der Waals surface area contributed by atoms with E-state index in [1.807, 2.05) is 20.8 Å². The van der Waals surface area contributed by atoms with Gasteiger partial charge in [0.1, 0.15) is 16.9 Å². The average molecular weight is 232 g/mol. The van der Waals surface area contributed by atoms with Crippen LogP contribution in [0.3, 0.4) is 0 Å². The third kappa shape index (κ3) is 3.53. The van der Waals surface area contributed by atoms with Crippen LogP contribution in [0.25, 0.3) is 0 Å². The first-order valence-corrected chi connectivity index (χ1v) is 5.25. The first-order valence-electron chi connectivity index (χ1n) is 5.25. The van der Waals surface area contributed by atoms with Crippen LogP contribution in [0.1, 0.15) is 36.7 Å². The Labute approximate surface area is 102 Å². The van der Waals surface area contributed by atoms with Gasteiger partial charge in [-0.25, -0.2) is 4.79 Å². The van der Waals surface area contributed by atoms with Gasteiger partial charge in [-0.15, -0.1) is 6.42 Å². The maximum Gasteiger partial charge on any atom is 0.342 e. The number of carbonyl (C=O) groups is 1. The Kier molecular flexibility index (Phi) is 3.80. The molecule has 0 aliphatic carbocycles. The van der Waals surface area contributed by atoms with Crippen molar-refractivity contribution in [1.82, 2.24) is 0 Å². The van der Waals surface area contributed by atoms with E-state index in [0.29, 0.717) is 16.9 Å². The number of hydrogen-bond acceptors (Lipinski definition) is 3. The molecule has 1 rings (SSSR count). The van der Waals surface area contributed by atoms with Crippen LogP contribution < -0.4 is 4.74 Å². The van der Waals surface area contributed by atoms with Crippen LogP contribution in [0, 0.1) is 12.3 Å². The minimum absolute atomic E-state index is 0.345. The van der Waals surface area contributed by atoms with Crippen LogP contribution in [-0.2, 0) is 4.74 Å². The van der Waals surface area contributed by atoms with Crippen LogP contribution in [0.15, 0.2) is 18.2 Å². The number of hydrogen-bond donors (Lipinski definition) is 0. The van der Waals surface area contributed by atoms with Gasteiger partial charge in [-0.1, -0.05) is 5.92 Å². The first kappa shape index (κ1) is 13.1. The van der Waals surface area contributed by atoms with Gasteiger partial charge in [0.25, 0.3) is 0 Å². The molecule has 1 aromatic rings. The van der Waals surface area contributed by atoms with Crippen LogP contribution >= 0.6 is 0 Å². The predicted molar refractivity (Wildman–Crippen MR) is 66.1 cm³/mol. The van der Waals surface area contributed by atoms with Gasteiger partial charge in [-0.05, 0) is 39.0 Å². The highest BCUT2D eigenvalue weighted by Crippen LogP contribution is 2.22. The lowest BCUT2D eigenvalue weighted by atomic mass is 10.1. The predicted octanol–water partition coefficient (Wildman–Crippen LogP) is 2.63. The molecule has 0 spiro atoms. The Balaban J connectivity index is 3.11. The van der Waals surface area contributed by atoms with E-state index in [-0.39, 0.29) is 0 Å². The summed E-state index contributed by atoms with van der Waals surface area (Å²) in [6, 6.07) is 4.97. The van der Waals surface area contributed by atoms with Gasteiger partial charge < -0.3 is 9.47 Å². The molecule has 0 amide bonds. The second-order valence-corrected chi connectivity index (χ2v) is 4.56. The van der Waals surface area contributed by atoms with Crippen LogP contribution in [0.5, 0.6) is 5.75 Å². The summed E-state index contributed by atoms with van der Waals surface area (Å²) in [7, 11) is 1.50. The highest BCUT2D eigenvalue weighted by molar-refractivity contribution is 5.93. The maximum atomic E-state index is 11.9. The van der Waals surface area contributed by atoms with E-state index in [2.05, 4.69) is 5.92 Å². The fourth-order valence-electron chi connectivity index (χ4n) is 1.29. The van der Waals surface area contributed by atoms with E-state index in [1.54, 1.807) is 18.2 Å². The minimum atomic E-state index is -0.547. The van der Waals surface area contributed by atoms with Crippen molar-refractivity contribution < 1.29 is 14.3 Å². The monoisotopic (exact) mass is 232 g/mol. The molecule has 0 aliphatic rings. The summed E-state index contributed by atoms with van der Waals surface area (Å²) in [5, 5.41) is 0. The fourth-order valence-corrected chi connectivity index (χ4v) is 1.29. The van der Waals surface area contributed by atoms with Crippen molar-refractivity contribution in [2.75, 3.05) is 7.11 Å². The number of methoxy groups -OCH3 is 1. The third-order valence-electron chi connectivity index (χ3n) is 1.98. The van der Waals surface area contributed by atoms with Crippen molar-refractivity contribution in [3.05, 3.63) is 29.3 Å². The molecule has 0 unspecified atom stereocenters. The number of benzene rings is 1. The lowest BCUT2D eigenvalue weighted by molar-refractivity contribution is 0.00665. The SMILES string of the molecule is C#Cc1ccc(OC)c(C(=O)OC(C)(C)C)c1. The molecule has 3 heteroatoms. The quantitative estimate of drug-likeness (QED) is 0.581. The minimum Gasteiger partial charge on any atom is -0.496 e. The molecule has 90 valence electrons. The number of ether oxygens (including phenoxy) is 2. The van der Waals surface area contributed by atoms with Crippen molar-refractivity contribution in [1.29, 1.82) is 0 Å². The molecule has 0 heterocycles. The molecule has 0 aromatic heterocycles. The summed E-state index contributed by atoms with van der Waals surface area (Å²) >= 11 is 0. The number of terminal acetylenes is 1. The summed E-state index contributed by atoms with van der Waals surface area (Å²) in [5.74, 6) is 2.49. The molecular weight excluding hydrogens is 216 g/mol. The molecule has 0 aliphatic heterocycles. The largest absolute Gasteiger partial charge is 0.496 e. The Bertz CT molecular complexity index is 461. The van der Waals surface area contributed by atoms with Gasteiger partial charge in [0.2, 0.25) is 0 Å². The summed E-state index contributed by atoms with van der Waals surface area (Å²) in [4.78, 5) is 11.9. The van der Waals surface area contributed by atoms with Crippen LogP contribution in [0.2, 0.25) is 0 Å².